The van der Waals surface area contributed by atoms with Gasteiger partial charge in [-0.3, -0.25) is 20.4 Å². The van der Waals surface area contributed by atoms with E-state index in [2.05, 4.69) is 37.4 Å². The molecule has 0 atom stereocenters. The Morgan fingerprint density at radius 2 is 1.68 bits per heavy atom. The number of thioether (sulfide) groups is 1. The van der Waals surface area contributed by atoms with Crippen LogP contribution >= 0.6 is 39.9 Å². The third kappa shape index (κ3) is 7.75. The van der Waals surface area contributed by atoms with Crippen molar-refractivity contribution in [3.63, 3.8) is 0 Å². The maximum absolute atomic E-state index is 11.9. The number of methoxy groups -OCH3 is 1. The quantitative estimate of drug-likeness (QED) is 0.355. The highest BCUT2D eigenvalue weighted by Gasteiger charge is 2.07. The molecule has 2 aromatic rings. The lowest BCUT2D eigenvalue weighted by Gasteiger charge is -2.12. The number of rotatable bonds is 7. The summed E-state index contributed by atoms with van der Waals surface area (Å²) in [4.78, 5) is 23.7. The minimum Gasteiger partial charge on any atom is -0.497 e. The Morgan fingerprint density at radius 1 is 1.00 bits per heavy atom. The number of anilines is 2. The van der Waals surface area contributed by atoms with Crippen LogP contribution in [0.15, 0.2) is 53.0 Å². The van der Waals surface area contributed by atoms with Crippen LogP contribution in [-0.2, 0) is 9.59 Å². The van der Waals surface area contributed by atoms with E-state index in [9.17, 15) is 9.59 Å². The summed E-state index contributed by atoms with van der Waals surface area (Å²) in [5, 5.41) is 5.96. The van der Waals surface area contributed by atoms with E-state index in [4.69, 9.17) is 17.0 Å². The summed E-state index contributed by atoms with van der Waals surface area (Å²) >= 11 is 9.71. The van der Waals surface area contributed by atoms with Gasteiger partial charge in [0.05, 0.1) is 24.3 Å². The lowest BCUT2D eigenvalue weighted by molar-refractivity contribution is -0.119. The average Bonchev–Trinajstić information content (AvgIpc) is 2.69. The first-order valence-corrected chi connectivity index (χ1v) is 10.5. The molecule has 2 aromatic carbocycles. The van der Waals surface area contributed by atoms with E-state index in [0.717, 1.165) is 10.2 Å². The molecule has 0 fully saturated rings. The molecule has 0 saturated heterocycles. The van der Waals surface area contributed by atoms with Gasteiger partial charge in [-0.25, -0.2) is 0 Å². The predicted molar refractivity (Wildman–Crippen MR) is 121 cm³/mol. The molecule has 0 aliphatic heterocycles. The molecule has 0 unspecified atom stereocenters. The number of ether oxygens (including phenoxy) is 1. The average molecular weight is 483 g/mol. The third-order valence-corrected chi connectivity index (χ3v) is 5.11. The molecule has 0 saturated carbocycles. The van der Waals surface area contributed by atoms with Gasteiger partial charge < -0.3 is 15.4 Å². The van der Waals surface area contributed by atoms with Crippen molar-refractivity contribution in [2.75, 3.05) is 29.2 Å². The minimum absolute atomic E-state index is 0.112. The summed E-state index contributed by atoms with van der Waals surface area (Å²) in [6, 6.07) is 14.5. The fourth-order valence-electron chi connectivity index (χ4n) is 1.99. The highest BCUT2D eigenvalue weighted by molar-refractivity contribution is 9.10. The smallest absolute Gasteiger partial charge is 0.248 e. The van der Waals surface area contributed by atoms with Gasteiger partial charge in [-0.2, -0.15) is 0 Å². The molecule has 7 nitrogen and oxygen atoms in total. The number of hydrogen-bond donors (Lipinski definition) is 4. The zero-order valence-corrected chi connectivity index (χ0v) is 18.2. The number of amides is 2. The van der Waals surface area contributed by atoms with Crippen LogP contribution in [-0.4, -0.2) is 35.5 Å². The van der Waals surface area contributed by atoms with Gasteiger partial charge in [-0.15, -0.1) is 11.8 Å². The van der Waals surface area contributed by atoms with E-state index >= 15 is 0 Å². The highest BCUT2D eigenvalue weighted by atomic mass is 79.9. The summed E-state index contributed by atoms with van der Waals surface area (Å²) in [5.41, 5.74) is 6.55. The van der Waals surface area contributed by atoms with Crippen molar-refractivity contribution in [2.24, 2.45) is 0 Å². The zero-order chi connectivity index (χ0) is 20.4. The Labute approximate surface area is 181 Å². The molecule has 0 aliphatic carbocycles. The molecular weight excluding hydrogens is 464 g/mol. The SMILES string of the molecule is COc1ccc(NC(=O)CSCC(=O)NNC(=S)Nc2ccccc2Br)cc1. The largest absolute Gasteiger partial charge is 0.497 e. The molecule has 28 heavy (non-hydrogen) atoms. The zero-order valence-electron chi connectivity index (χ0n) is 15.0. The first-order chi connectivity index (χ1) is 13.5. The van der Waals surface area contributed by atoms with Crippen molar-refractivity contribution in [1.82, 2.24) is 10.9 Å². The molecule has 0 aliphatic rings. The highest BCUT2D eigenvalue weighted by Crippen LogP contribution is 2.20. The fraction of sp³-hybridized carbons (Fsp3) is 0.167. The summed E-state index contributed by atoms with van der Waals surface area (Å²) in [5.74, 6) is 0.490. The van der Waals surface area contributed by atoms with Gasteiger partial charge in [-0.1, -0.05) is 12.1 Å². The van der Waals surface area contributed by atoms with Crippen molar-refractivity contribution in [1.29, 1.82) is 0 Å². The van der Waals surface area contributed by atoms with Crippen LogP contribution in [0, 0.1) is 0 Å². The first kappa shape index (κ1) is 22.0. The van der Waals surface area contributed by atoms with Crippen LogP contribution in [0.25, 0.3) is 0 Å². The summed E-state index contributed by atoms with van der Waals surface area (Å²) in [6.45, 7) is 0. The second kappa shape index (κ2) is 11.5. The number of benzene rings is 2. The standard InChI is InChI=1S/C18H19BrN4O3S2/c1-26-13-8-6-12(7-9-13)20-16(24)10-28-11-17(25)22-23-18(27)21-15-5-3-2-4-14(15)19/h2-9H,10-11H2,1H3,(H,20,24)(H,22,25)(H2,21,23,27). The molecule has 2 amide bonds. The van der Waals surface area contributed by atoms with Crippen molar-refractivity contribution >= 4 is 68.2 Å². The van der Waals surface area contributed by atoms with E-state index in [1.807, 2.05) is 24.3 Å². The van der Waals surface area contributed by atoms with Crippen LogP contribution in [0.5, 0.6) is 5.75 Å². The van der Waals surface area contributed by atoms with Crippen LogP contribution in [0.3, 0.4) is 0 Å². The first-order valence-electron chi connectivity index (χ1n) is 8.10. The Kier molecular flexibility index (Phi) is 9.05. The van der Waals surface area contributed by atoms with Crippen molar-refractivity contribution in [3.8, 4) is 5.75 Å². The summed E-state index contributed by atoms with van der Waals surface area (Å²) in [7, 11) is 1.58. The number of hydrazine groups is 1. The molecule has 10 heteroatoms. The second-order valence-corrected chi connectivity index (χ2v) is 7.62. The predicted octanol–water partition coefficient (Wildman–Crippen LogP) is 3.15. The van der Waals surface area contributed by atoms with E-state index in [1.54, 1.807) is 31.4 Å². The molecule has 148 valence electrons. The summed E-state index contributed by atoms with van der Waals surface area (Å²) in [6.07, 6.45) is 0. The van der Waals surface area contributed by atoms with Gasteiger partial charge in [0, 0.05) is 10.2 Å². The lowest BCUT2D eigenvalue weighted by atomic mass is 10.3. The van der Waals surface area contributed by atoms with Crippen molar-refractivity contribution < 1.29 is 14.3 Å². The molecule has 0 heterocycles. The van der Waals surface area contributed by atoms with Crippen LogP contribution in [0.1, 0.15) is 0 Å². The van der Waals surface area contributed by atoms with Crippen molar-refractivity contribution in [3.05, 3.63) is 53.0 Å². The second-order valence-electron chi connectivity index (χ2n) is 5.38. The van der Waals surface area contributed by atoms with Gasteiger partial charge >= 0.3 is 0 Å². The topological polar surface area (TPSA) is 91.5 Å². The van der Waals surface area contributed by atoms with Gasteiger partial charge in [-0.05, 0) is 64.5 Å². The van der Waals surface area contributed by atoms with Crippen LogP contribution < -0.4 is 26.2 Å². The lowest BCUT2D eigenvalue weighted by Crippen LogP contribution is -2.44. The number of carbonyl (C=O) groups excluding carboxylic acids is 2. The van der Waals surface area contributed by atoms with E-state index in [-0.39, 0.29) is 28.4 Å². The maximum Gasteiger partial charge on any atom is 0.248 e. The molecule has 0 bridgehead atoms. The van der Waals surface area contributed by atoms with E-state index in [0.29, 0.717) is 11.4 Å². The number of halogens is 1. The van der Waals surface area contributed by atoms with Crippen molar-refractivity contribution in [2.45, 2.75) is 0 Å². The molecule has 0 radical (unpaired) electrons. The van der Waals surface area contributed by atoms with Gasteiger partial charge in [0.2, 0.25) is 11.8 Å². The number of thiocarbonyl (C=S) groups is 1. The monoisotopic (exact) mass is 482 g/mol. The molecular formula is C18H19BrN4O3S2. The fourth-order valence-corrected chi connectivity index (χ4v) is 3.15. The third-order valence-electron chi connectivity index (χ3n) is 3.28. The normalized spacial score (nSPS) is 9.93. The maximum atomic E-state index is 11.9. The summed E-state index contributed by atoms with van der Waals surface area (Å²) < 4.78 is 5.91. The minimum atomic E-state index is -0.293. The molecule has 2 rings (SSSR count). The van der Waals surface area contributed by atoms with Gasteiger partial charge in [0.25, 0.3) is 0 Å². The Balaban J connectivity index is 1.63. The molecule has 0 spiro atoms. The van der Waals surface area contributed by atoms with Gasteiger partial charge in [0.15, 0.2) is 5.11 Å². The number of hydrogen-bond acceptors (Lipinski definition) is 5. The molecule has 4 N–H and O–H groups in total. The molecule has 0 aromatic heterocycles. The van der Waals surface area contributed by atoms with E-state index in [1.165, 1.54) is 11.8 Å². The number of nitrogens with one attached hydrogen (secondary N) is 4. The number of para-hydroxylation sites is 1. The Morgan fingerprint density at radius 3 is 2.36 bits per heavy atom. The number of carbonyl (C=O) groups is 2. The van der Waals surface area contributed by atoms with E-state index < -0.39 is 0 Å². The van der Waals surface area contributed by atoms with Crippen LogP contribution in [0.2, 0.25) is 0 Å². The Bertz CT molecular complexity index is 834. The Hall–Kier alpha value is -2.30. The van der Waals surface area contributed by atoms with Crippen LogP contribution in [0.4, 0.5) is 11.4 Å². The van der Waals surface area contributed by atoms with Gasteiger partial charge in [0.1, 0.15) is 5.75 Å².